The van der Waals surface area contributed by atoms with Crippen LogP contribution in [0.25, 0.3) is 11.4 Å². The zero-order chi connectivity index (χ0) is 14.7. The van der Waals surface area contributed by atoms with Gasteiger partial charge >= 0.3 is 0 Å². The smallest absolute Gasteiger partial charge is 0.141 e. The quantitative estimate of drug-likeness (QED) is 0.881. The molecule has 108 valence electrons. The summed E-state index contributed by atoms with van der Waals surface area (Å²) >= 11 is 0. The van der Waals surface area contributed by atoms with Crippen molar-refractivity contribution in [3.8, 4) is 11.4 Å². The zero-order valence-electron chi connectivity index (χ0n) is 12.9. The number of benzene rings is 1. The molecule has 0 radical (unpaired) electrons. The maximum atomic E-state index is 6.37. The van der Waals surface area contributed by atoms with Crippen molar-refractivity contribution in [1.82, 2.24) is 9.55 Å². The minimum atomic E-state index is 0.394. The molecule has 2 N–H and O–H groups in total. The first-order chi connectivity index (χ1) is 9.54. The van der Waals surface area contributed by atoms with Crippen molar-refractivity contribution in [2.24, 2.45) is 5.92 Å². The predicted molar refractivity (Wildman–Crippen MR) is 85.6 cm³/mol. The Balaban J connectivity index is 2.54. The molecule has 2 rings (SSSR count). The number of anilines is 1. The highest BCUT2D eigenvalue weighted by atomic mass is 15.1. The molecule has 1 aromatic carbocycles. The van der Waals surface area contributed by atoms with Gasteiger partial charge < -0.3 is 10.3 Å². The lowest BCUT2D eigenvalue weighted by atomic mass is 10.1. The SMILES string of the molecule is CCC(C)c1nc(-c2ccccc2)n(CC(C)C)c1N. The van der Waals surface area contributed by atoms with Gasteiger partial charge in [-0.3, -0.25) is 0 Å². The number of rotatable bonds is 5. The molecule has 0 spiro atoms. The van der Waals surface area contributed by atoms with Crippen LogP contribution in [0.15, 0.2) is 30.3 Å². The van der Waals surface area contributed by atoms with Gasteiger partial charge in [-0.2, -0.15) is 0 Å². The molecule has 1 atom stereocenters. The van der Waals surface area contributed by atoms with Crippen molar-refractivity contribution >= 4 is 5.82 Å². The first-order valence-corrected chi connectivity index (χ1v) is 7.45. The Hall–Kier alpha value is -1.77. The van der Waals surface area contributed by atoms with E-state index in [2.05, 4.69) is 44.4 Å². The summed E-state index contributed by atoms with van der Waals surface area (Å²) in [5.74, 6) is 2.75. The van der Waals surface area contributed by atoms with Gasteiger partial charge in [-0.1, -0.05) is 58.0 Å². The Bertz CT molecular complexity index is 555. The van der Waals surface area contributed by atoms with Gasteiger partial charge in [-0.15, -0.1) is 0 Å². The van der Waals surface area contributed by atoms with E-state index in [1.54, 1.807) is 0 Å². The van der Waals surface area contributed by atoms with E-state index in [9.17, 15) is 0 Å². The molecule has 1 heterocycles. The van der Waals surface area contributed by atoms with Crippen LogP contribution in [-0.2, 0) is 6.54 Å². The minimum Gasteiger partial charge on any atom is -0.384 e. The van der Waals surface area contributed by atoms with E-state index >= 15 is 0 Å². The van der Waals surface area contributed by atoms with E-state index in [0.717, 1.165) is 35.9 Å². The number of nitrogen functional groups attached to an aromatic ring is 1. The fourth-order valence-corrected chi connectivity index (χ4v) is 2.40. The molecule has 20 heavy (non-hydrogen) atoms. The van der Waals surface area contributed by atoms with E-state index in [-0.39, 0.29) is 0 Å². The molecule has 0 aliphatic rings. The lowest BCUT2D eigenvalue weighted by Gasteiger charge is -2.13. The second-order valence-electron chi connectivity index (χ2n) is 5.89. The molecule has 0 saturated carbocycles. The van der Waals surface area contributed by atoms with Crippen LogP contribution in [0.1, 0.15) is 45.7 Å². The minimum absolute atomic E-state index is 0.394. The zero-order valence-corrected chi connectivity index (χ0v) is 12.9. The first-order valence-electron chi connectivity index (χ1n) is 7.45. The van der Waals surface area contributed by atoms with Crippen LogP contribution in [0, 0.1) is 5.92 Å². The summed E-state index contributed by atoms with van der Waals surface area (Å²) in [6, 6.07) is 10.3. The average Bonchev–Trinajstić information content (AvgIpc) is 2.76. The van der Waals surface area contributed by atoms with Crippen molar-refractivity contribution in [2.75, 3.05) is 5.73 Å². The van der Waals surface area contributed by atoms with Gasteiger partial charge in [-0.05, 0) is 12.3 Å². The van der Waals surface area contributed by atoms with Gasteiger partial charge in [0.2, 0.25) is 0 Å². The van der Waals surface area contributed by atoms with Crippen LogP contribution in [0.2, 0.25) is 0 Å². The van der Waals surface area contributed by atoms with E-state index in [1.807, 2.05) is 18.2 Å². The highest BCUT2D eigenvalue weighted by Gasteiger charge is 2.19. The molecule has 0 amide bonds. The third-order valence-corrected chi connectivity index (χ3v) is 3.69. The van der Waals surface area contributed by atoms with Crippen LogP contribution < -0.4 is 5.73 Å². The van der Waals surface area contributed by atoms with Crippen molar-refractivity contribution in [2.45, 2.75) is 46.6 Å². The van der Waals surface area contributed by atoms with Gasteiger partial charge in [0.15, 0.2) is 0 Å². The maximum Gasteiger partial charge on any atom is 0.141 e. The fourth-order valence-electron chi connectivity index (χ4n) is 2.40. The van der Waals surface area contributed by atoms with Gasteiger partial charge in [-0.25, -0.2) is 4.98 Å². The topological polar surface area (TPSA) is 43.8 Å². The number of hydrogen-bond acceptors (Lipinski definition) is 2. The summed E-state index contributed by atoms with van der Waals surface area (Å²) in [6.07, 6.45) is 1.05. The van der Waals surface area contributed by atoms with Crippen LogP contribution in [0.4, 0.5) is 5.82 Å². The Kier molecular flexibility index (Phi) is 4.48. The van der Waals surface area contributed by atoms with Gasteiger partial charge in [0.25, 0.3) is 0 Å². The summed E-state index contributed by atoms with van der Waals surface area (Å²) in [6.45, 7) is 9.68. The Morgan fingerprint density at radius 1 is 1.15 bits per heavy atom. The van der Waals surface area contributed by atoms with E-state index < -0.39 is 0 Å². The Morgan fingerprint density at radius 3 is 2.35 bits per heavy atom. The number of nitrogens with zero attached hydrogens (tertiary/aromatic N) is 2. The average molecular weight is 271 g/mol. The largest absolute Gasteiger partial charge is 0.384 e. The van der Waals surface area contributed by atoms with Crippen molar-refractivity contribution in [3.63, 3.8) is 0 Å². The Labute approximate surface area is 121 Å². The maximum absolute atomic E-state index is 6.37. The second kappa shape index (κ2) is 6.12. The monoisotopic (exact) mass is 271 g/mol. The lowest BCUT2D eigenvalue weighted by Crippen LogP contribution is -2.10. The number of aromatic nitrogens is 2. The van der Waals surface area contributed by atoms with Crippen LogP contribution in [0.5, 0.6) is 0 Å². The van der Waals surface area contributed by atoms with E-state index in [1.165, 1.54) is 0 Å². The molecule has 1 aromatic heterocycles. The number of imidazole rings is 1. The second-order valence-corrected chi connectivity index (χ2v) is 5.89. The standard InChI is InChI=1S/C17H25N3/c1-5-13(4)15-16(18)20(11-12(2)3)17(19-15)14-9-7-6-8-10-14/h6-10,12-13H,5,11,18H2,1-4H3. The molecule has 0 bridgehead atoms. The molecule has 0 saturated heterocycles. The molecule has 0 aliphatic carbocycles. The normalized spacial score (nSPS) is 12.8. The van der Waals surface area contributed by atoms with Crippen LogP contribution in [-0.4, -0.2) is 9.55 Å². The Morgan fingerprint density at radius 2 is 1.80 bits per heavy atom. The molecule has 0 fully saturated rings. The van der Waals surface area contributed by atoms with E-state index in [0.29, 0.717) is 11.8 Å². The number of hydrogen-bond donors (Lipinski definition) is 1. The summed E-state index contributed by atoms with van der Waals surface area (Å²) in [7, 11) is 0. The van der Waals surface area contributed by atoms with Gasteiger partial charge in [0, 0.05) is 18.0 Å². The molecule has 2 aromatic rings. The predicted octanol–water partition coefficient (Wildman–Crippen LogP) is 4.30. The number of nitrogens with two attached hydrogens (primary N) is 1. The molecular weight excluding hydrogens is 246 g/mol. The molecule has 3 nitrogen and oxygen atoms in total. The molecule has 1 unspecified atom stereocenters. The summed E-state index contributed by atoms with van der Waals surface area (Å²) in [5.41, 5.74) is 8.53. The highest BCUT2D eigenvalue weighted by Crippen LogP contribution is 2.30. The highest BCUT2D eigenvalue weighted by molar-refractivity contribution is 5.61. The summed E-state index contributed by atoms with van der Waals surface area (Å²) < 4.78 is 2.17. The van der Waals surface area contributed by atoms with Crippen LogP contribution >= 0.6 is 0 Å². The molecular formula is C17H25N3. The van der Waals surface area contributed by atoms with Gasteiger partial charge in [0.05, 0.1) is 5.69 Å². The third kappa shape index (κ3) is 2.87. The van der Waals surface area contributed by atoms with Gasteiger partial charge in [0.1, 0.15) is 11.6 Å². The summed E-state index contributed by atoms with van der Waals surface area (Å²) in [5, 5.41) is 0. The van der Waals surface area contributed by atoms with E-state index in [4.69, 9.17) is 10.7 Å². The molecule has 3 heteroatoms. The molecule has 0 aliphatic heterocycles. The fraction of sp³-hybridized carbons (Fsp3) is 0.471. The summed E-state index contributed by atoms with van der Waals surface area (Å²) in [4.78, 5) is 4.84. The first kappa shape index (κ1) is 14.6. The lowest BCUT2D eigenvalue weighted by molar-refractivity contribution is 0.530. The van der Waals surface area contributed by atoms with Crippen LogP contribution in [0.3, 0.4) is 0 Å². The van der Waals surface area contributed by atoms with Crippen molar-refractivity contribution in [1.29, 1.82) is 0 Å². The van der Waals surface area contributed by atoms with Crippen molar-refractivity contribution < 1.29 is 0 Å². The third-order valence-electron chi connectivity index (χ3n) is 3.69. The van der Waals surface area contributed by atoms with Crippen molar-refractivity contribution in [3.05, 3.63) is 36.0 Å².